The molecule has 0 radical (unpaired) electrons. The number of nitrogens with two attached hydrogens (primary N) is 1. The molecular formula is C10H15NOS. The lowest BCUT2D eigenvalue weighted by Crippen LogP contribution is -2.21. The minimum Gasteiger partial charge on any atom is -0.399 e. The Labute approximate surface area is 83.1 Å². The molecule has 72 valence electrons. The van der Waals surface area contributed by atoms with Crippen molar-refractivity contribution in [3.63, 3.8) is 0 Å². The van der Waals surface area contributed by atoms with E-state index in [0.717, 1.165) is 10.6 Å². The molecule has 0 spiro atoms. The summed E-state index contributed by atoms with van der Waals surface area (Å²) in [6, 6.07) is 7.68. The molecule has 0 aromatic heterocycles. The normalized spacial score (nSPS) is 11.6. The average Bonchev–Trinajstić information content (AvgIpc) is 2.00. The second-order valence-electron chi connectivity index (χ2n) is 3.67. The Kier molecular flexibility index (Phi) is 3.22. The SMILES string of the molecule is CC(C)(O)CSc1cccc(N)c1. The van der Waals surface area contributed by atoms with Crippen LogP contribution in [0, 0.1) is 0 Å². The third-order valence-electron chi connectivity index (χ3n) is 1.45. The summed E-state index contributed by atoms with van der Waals surface area (Å²) < 4.78 is 0. The van der Waals surface area contributed by atoms with E-state index in [1.54, 1.807) is 25.6 Å². The summed E-state index contributed by atoms with van der Waals surface area (Å²) in [7, 11) is 0. The van der Waals surface area contributed by atoms with Crippen LogP contribution in [-0.2, 0) is 0 Å². The van der Waals surface area contributed by atoms with Gasteiger partial charge < -0.3 is 10.8 Å². The Bertz CT molecular complexity index is 280. The molecule has 0 atom stereocenters. The summed E-state index contributed by atoms with van der Waals surface area (Å²) >= 11 is 1.61. The Morgan fingerprint density at radius 1 is 1.46 bits per heavy atom. The predicted octanol–water partition coefficient (Wildman–Crippen LogP) is 2.13. The number of hydrogen-bond donors (Lipinski definition) is 2. The van der Waals surface area contributed by atoms with Gasteiger partial charge in [-0.05, 0) is 32.0 Å². The maximum absolute atomic E-state index is 9.50. The van der Waals surface area contributed by atoms with Gasteiger partial charge in [-0.1, -0.05) is 6.07 Å². The zero-order valence-corrected chi connectivity index (χ0v) is 8.77. The molecule has 0 bridgehead atoms. The fourth-order valence-electron chi connectivity index (χ4n) is 0.864. The van der Waals surface area contributed by atoms with E-state index < -0.39 is 5.60 Å². The lowest BCUT2D eigenvalue weighted by Gasteiger charge is -2.16. The summed E-state index contributed by atoms with van der Waals surface area (Å²) in [4.78, 5) is 1.10. The summed E-state index contributed by atoms with van der Waals surface area (Å²) in [6.45, 7) is 3.60. The van der Waals surface area contributed by atoms with Crippen molar-refractivity contribution in [3.8, 4) is 0 Å². The van der Waals surface area contributed by atoms with Crippen molar-refractivity contribution < 1.29 is 5.11 Å². The van der Waals surface area contributed by atoms with E-state index >= 15 is 0 Å². The van der Waals surface area contributed by atoms with Gasteiger partial charge in [0.25, 0.3) is 0 Å². The second-order valence-corrected chi connectivity index (χ2v) is 4.72. The van der Waals surface area contributed by atoms with Crippen LogP contribution in [0.1, 0.15) is 13.8 Å². The fraction of sp³-hybridized carbons (Fsp3) is 0.400. The van der Waals surface area contributed by atoms with E-state index in [9.17, 15) is 5.11 Å². The highest BCUT2D eigenvalue weighted by atomic mass is 32.2. The van der Waals surface area contributed by atoms with Crippen molar-refractivity contribution in [3.05, 3.63) is 24.3 Å². The third kappa shape index (κ3) is 4.20. The average molecular weight is 197 g/mol. The zero-order valence-electron chi connectivity index (χ0n) is 7.95. The molecule has 3 heteroatoms. The van der Waals surface area contributed by atoms with Crippen molar-refractivity contribution in [2.75, 3.05) is 11.5 Å². The fourth-order valence-corrected chi connectivity index (χ4v) is 1.78. The Morgan fingerprint density at radius 2 is 2.15 bits per heavy atom. The molecule has 0 unspecified atom stereocenters. The molecule has 1 aromatic rings. The van der Waals surface area contributed by atoms with Crippen LogP contribution < -0.4 is 5.73 Å². The van der Waals surface area contributed by atoms with Crippen molar-refractivity contribution in [2.45, 2.75) is 24.3 Å². The number of anilines is 1. The Balaban J connectivity index is 2.55. The standard InChI is InChI=1S/C10H15NOS/c1-10(2,12)7-13-9-5-3-4-8(11)6-9/h3-6,12H,7,11H2,1-2H3. The highest BCUT2D eigenvalue weighted by Gasteiger charge is 2.12. The quantitative estimate of drug-likeness (QED) is 0.576. The van der Waals surface area contributed by atoms with E-state index in [-0.39, 0.29) is 0 Å². The molecule has 0 saturated carbocycles. The smallest absolute Gasteiger partial charge is 0.0685 e. The van der Waals surface area contributed by atoms with E-state index in [4.69, 9.17) is 5.73 Å². The Morgan fingerprint density at radius 3 is 2.69 bits per heavy atom. The Hall–Kier alpha value is -0.670. The highest BCUT2D eigenvalue weighted by molar-refractivity contribution is 7.99. The topological polar surface area (TPSA) is 46.2 Å². The molecule has 0 fully saturated rings. The molecule has 1 rings (SSSR count). The second kappa shape index (κ2) is 4.03. The van der Waals surface area contributed by atoms with E-state index in [1.807, 2.05) is 24.3 Å². The van der Waals surface area contributed by atoms with Gasteiger partial charge in [-0.25, -0.2) is 0 Å². The lowest BCUT2D eigenvalue weighted by molar-refractivity contribution is 0.107. The third-order valence-corrected chi connectivity index (χ3v) is 2.89. The van der Waals surface area contributed by atoms with Crippen LogP contribution in [0.25, 0.3) is 0 Å². The predicted molar refractivity (Wildman–Crippen MR) is 57.9 cm³/mol. The summed E-state index contributed by atoms with van der Waals surface area (Å²) in [5, 5.41) is 9.50. The van der Waals surface area contributed by atoms with Crippen LogP contribution in [0.2, 0.25) is 0 Å². The van der Waals surface area contributed by atoms with Crippen molar-refractivity contribution >= 4 is 17.4 Å². The summed E-state index contributed by atoms with van der Waals surface area (Å²) in [5.74, 6) is 0.677. The van der Waals surface area contributed by atoms with Gasteiger partial charge in [0.2, 0.25) is 0 Å². The summed E-state index contributed by atoms with van der Waals surface area (Å²) in [5.41, 5.74) is 5.76. The monoisotopic (exact) mass is 197 g/mol. The first-order valence-corrected chi connectivity index (χ1v) is 5.17. The number of nitrogen functional groups attached to an aromatic ring is 1. The van der Waals surface area contributed by atoms with Gasteiger partial charge in [-0.15, -0.1) is 11.8 Å². The molecule has 1 aromatic carbocycles. The van der Waals surface area contributed by atoms with E-state index in [2.05, 4.69) is 0 Å². The van der Waals surface area contributed by atoms with Crippen LogP contribution in [0.4, 0.5) is 5.69 Å². The van der Waals surface area contributed by atoms with Crippen molar-refractivity contribution in [2.24, 2.45) is 0 Å². The number of thioether (sulfide) groups is 1. The number of aliphatic hydroxyl groups is 1. The van der Waals surface area contributed by atoms with Gasteiger partial charge in [0.05, 0.1) is 5.60 Å². The molecule has 0 amide bonds. The molecule has 0 aliphatic rings. The minimum absolute atomic E-state index is 0.630. The largest absolute Gasteiger partial charge is 0.399 e. The van der Waals surface area contributed by atoms with Crippen molar-refractivity contribution in [1.29, 1.82) is 0 Å². The van der Waals surface area contributed by atoms with Crippen LogP contribution in [0.15, 0.2) is 29.2 Å². The molecular weight excluding hydrogens is 182 g/mol. The molecule has 3 N–H and O–H groups in total. The van der Waals surface area contributed by atoms with Gasteiger partial charge in [-0.3, -0.25) is 0 Å². The maximum Gasteiger partial charge on any atom is 0.0685 e. The maximum atomic E-state index is 9.50. The minimum atomic E-state index is -0.630. The highest BCUT2D eigenvalue weighted by Crippen LogP contribution is 2.23. The van der Waals surface area contributed by atoms with Gasteiger partial charge in [-0.2, -0.15) is 0 Å². The molecule has 2 nitrogen and oxygen atoms in total. The molecule has 0 aliphatic carbocycles. The van der Waals surface area contributed by atoms with Crippen LogP contribution in [-0.4, -0.2) is 16.5 Å². The molecule has 0 saturated heterocycles. The first kappa shape index (κ1) is 10.4. The summed E-state index contributed by atoms with van der Waals surface area (Å²) in [6.07, 6.45) is 0. The van der Waals surface area contributed by atoms with Gasteiger partial charge in [0.1, 0.15) is 0 Å². The van der Waals surface area contributed by atoms with Gasteiger partial charge in [0.15, 0.2) is 0 Å². The zero-order chi connectivity index (χ0) is 9.90. The molecule has 13 heavy (non-hydrogen) atoms. The number of rotatable bonds is 3. The van der Waals surface area contributed by atoms with Gasteiger partial charge in [0, 0.05) is 16.3 Å². The lowest BCUT2D eigenvalue weighted by atomic mass is 10.2. The number of benzene rings is 1. The van der Waals surface area contributed by atoms with Crippen LogP contribution >= 0.6 is 11.8 Å². The first-order valence-electron chi connectivity index (χ1n) is 4.18. The molecule has 0 aliphatic heterocycles. The van der Waals surface area contributed by atoms with E-state index in [0.29, 0.717) is 5.75 Å². The van der Waals surface area contributed by atoms with Crippen LogP contribution in [0.3, 0.4) is 0 Å². The van der Waals surface area contributed by atoms with E-state index in [1.165, 1.54) is 0 Å². The van der Waals surface area contributed by atoms with Crippen LogP contribution in [0.5, 0.6) is 0 Å². The molecule has 0 heterocycles. The first-order chi connectivity index (χ1) is 5.97. The van der Waals surface area contributed by atoms with Gasteiger partial charge >= 0.3 is 0 Å². The number of hydrogen-bond acceptors (Lipinski definition) is 3. The van der Waals surface area contributed by atoms with Crippen molar-refractivity contribution in [1.82, 2.24) is 0 Å².